The molecule has 3 rings (SSSR count). The van der Waals surface area contributed by atoms with Crippen molar-refractivity contribution in [1.29, 1.82) is 0 Å². The second kappa shape index (κ2) is 10.1. The molecule has 1 saturated heterocycles. The van der Waals surface area contributed by atoms with E-state index in [0.29, 0.717) is 24.4 Å². The van der Waals surface area contributed by atoms with Crippen LogP contribution in [-0.4, -0.2) is 37.1 Å². The van der Waals surface area contributed by atoms with E-state index in [2.05, 4.69) is 10.6 Å². The monoisotopic (exact) mass is 423 g/mol. The maximum absolute atomic E-state index is 12.4. The zero-order valence-electron chi connectivity index (χ0n) is 18.2. The summed E-state index contributed by atoms with van der Waals surface area (Å²) in [6.07, 6.45) is 2.04. The van der Waals surface area contributed by atoms with Crippen LogP contribution in [0.2, 0.25) is 0 Å². The van der Waals surface area contributed by atoms with Crippen molar-refractivity contribution in [3.05, 3.63) is 59.2 Å². The Morgan fingerprint density at radius 1 is 1.10 bits per heavy atom. The van der Waals surface area contributed by atoms with Crippen LogP contribution in [0.15, 0.2) is 42.5 Å². The number of unbranched alkanes of at least 4 members (excludes halogenated alkanes) is 1. The summed E-state index contributed by atoms with van der Waals surface area (Å²) in [6, 6.07) is 11.8. The van der Waals surface area contributed by atoms with E-state index < -0.39 is 6.03 Å². The molecular weight excluding hydrogens is 394 g/mol. The molecule has 0 spiro atoms. The van der Waals surface area contributed by atoms with Gasteiger partial charge in [-0.2, -0.15) is 0 Å². The number of nitrogens with one attached hydrogen (secondary N) is 2. The smallest absolute Gasteiger partial charge is 0.338 e. The van der Waals surface area contributed by atoms with Crippen molar-refractivity contribution in [1.82, 2.24) is 5.32 Å². The number of amides is 3. The van der Waals surface area contributed by atoms with E-state index in [-0.39, 0.29) is 24.3 Å². The first-order valence-corrected chi connectivity index (χ1v) is 10.6. The Kier molecular flexibility index (Phi) is 7.28. The quantitative estimate of drug-likeness (QED) is 0.516. The fourth-order valence-electron chi connectivity index (χ4n) is 3.38. The maximum atomic E-state index is 12.4. The molecule has 31 heavy (non-hydrogen) atoms. The molecule has 0 saturated carbocycles. The fraction of sp³-hybridized carbons (Fsp3) is 0.375. The lowest BCUT2D eigenvalue weighted by molar-refractivity contribution is -0.117. The van der Waals surface area contributed by atoms with E-state index in [0.717, 1.165) is 24.1 Å². The third-order valence-electron chi connectivity index (χ3n) is 5.37. The molecule has 1 fully saturated rings. The Balaban J connectivity index is 1.52. The topological polar surface area (TPSA) is 87.7 Å². The number of anilines is 2. The van der Waals surface area contributed by atoms with Crippen LogP contribution in [0.1, 0.15) is 47.7 Å². The van der Waals surface area contributed by atoms with Crippen LogP contribution in [0.5, 0.6) is 0 Å². The predicted molar refractivity (Wildman–Crippen MR) is 120 cm³/mol. The molecular formula is C24H29N3O4. The Morgan fingerprint density at radius 3 is 2.52 bits per heavy atom. The van der Waals surface area contributed by atoms with Crippen molar-refractivity contribution < 1.29 is 19.1 Å². The zero-order chi connectivity index (χ0) is 22.4. The molecule has 0 bridgehead atoms. The minimum atomic E-state index is -0.391. The normalized spacial score (nSPS) is 15.6. The number of hydrogen-bond donors (Lipinski definition) is 2. The molecule has 2 N–H and O–H groups in total. The van der Waals surface area contributed by atoms with Gasteiger partial charge in [-0.3, -0.25) is 4.79 Å². The number of urea groups is 1. The predicted octanol–water partition coefficient (Wildman–Crippen LogP) is 4.19. The molecule has 164 valence electrons. The highest BCUT2D eigenvalue weighted by atomic mass is 16.5. The molecule has 7 heteroatoms. The zero-order valence-corrected chi connectivity index (χ0v) is 18.2. The highest BCUT2D eigenvalue weighted by molar-refractivity contribution is 5.98. The number of carbonyl (C=O) groups is 3. The average Bonchev–Trinajstić information content (AvgIpc) is 3.10. The summed E-state index contributed by atoms with van der Waals surface area (Å²) in [7, 11) is 0. The van der Waals surface area contributed by atoms with E-state index in [9.17, 15) is 14.4 Å². The van der Waals surface area contributed by atoms with Gasteiger partial charge in [0.2, 0.25) is 5.91 Å². The minimum absolute atomic E-state index is 0.0144. The second-order valence-electron chi connectivity index (χ2n) is 7.84. The summed E-state index contributed by atoms with van der Waals surface area (Å²) in [5.74, 6) is -0.389. The number of rotatable bonds is 7. The van der Waals surface area contributed by atoms with Crippen molar-refractivity contribution in [3.63, 3.8) is 0 Å². The number of carbonyl (C=O) groups excluding carboxylic acids is 3. The molecule has 1 atom stereocenters. The molecule has 1 aliphatic heterocycles. The van der Waals surface area contributed by atoms with Gasteiger partial charge >= 0.3 is 12.0 Å². The van der Waals surface area contributed by atoms with E-state index in [4.69, 9.17) is 4.74 Å². The lowest BCUT2D eigenvalue weighted by Gasteiger charge is -2.18. The first-order valence-electron chi connectivity index (χ1n) is 10.6. The molecule has 0 radical (unpaired) electrons. The third kappa shape index (κ3) is 5.84. The first kappa shape index (κ1) is 22.3. The Labute approximate surface area is 182 Å². The average molecular weight is 424 g/mol. The molecule has 7 nitrogen and oxygen atoms in total. The van der Waals surface area contributed by atoms with E-state index >= 15 is 0 Å². The van der Waals surface area contributed by atoms with E-state index in [1.807, 2.05) is 39.0 Å². The van der Waals surface area contributed by atoms with Crippen LogP contribution in [0, 0.1) is 13.8 Å². The van der Waals surface area contributed by atoms with Crippen LogP contribution < -0.4 is 15.5 Å². The lowest BCUT2D eigenvalue weighted by atomic mass is 10.1. The van der Waals surface area contributed by atoms with Gasteiger partial charge in [-0.25, -0.2) is 9.59 Å². The first-order chi connectivity index (χ1) is 14.9. The summed E-state index contributed by atoms with van der Waals surface area (Å²) in [6.45, 7) is 6.90. The van der Waals surface area contributed by atoms with E-state index in [1.54, 1.807) is 29.2 Å². The summed E-state index contributed by atoms with van der Waals surface area (Å²) in [4.78, 5) is 38.4. The number of ether oxygens (including phenoxy) is 1. The molecule has 0 unspecified atom stereocenters. The van der Waals surface area contributed by atoms with Crippen molar-refractivity contribution in [3.8, 4) is 0 Å². The Morgan fingerprint density at radius 2 is 1.84 bits per heavy atom. The van der Waals surface area contributed by atoms with Crippen molar-refractivity contribution in [2.45, 2.75) is 46.1 Å². The van der Waals surface area contributed by atoms with Crippen LogP contribution in [-0.2, 0) is 9.53 Å². The van der Waals surface area contributed by atoms with Crippen molar-refractivity contribution >= 4 is 29.3 Å². The SMILES string of the molecule is CCCCOC(=O)c1ccc(NC(=O)N[C@@H]2CC(=O)N(c3ccc(C)c(C)c3)C2)cc1. The summed E-state index contributed by atoms with van der Waals surface area (Å²) in [5, 5.41) is 5.59. The molecule has 2 aromatic rings. The van der Waals surface area contributed by atoms with Gasteiger partial charge in [0, 0.05) is 24.3 Å². The van der Waals surface area contributed by atoms with Gasteiger partial charge in [0.05, 0.1) is 18.2 Å². The van der Waals surface area contributed by atoms with Crippen LogP contribution in [0.4, 0.5) is 16.2 Å². The van der Waals surface area contributed by atoms with Crippen molar-refractivity contribution in [2.24, 2.45) is 0 Å². The van der Waals surface area contributed by atoms with Crippen LogP contribution in [0.3, 0.4) is 0 Å². The van der Waals surface area contributed by atoms with Gasteiger partial charge in [0.15, 0.2) is 0 Å². The molecule has 1 heterocycles. The molecule has 2 aromatic carbocycles. The lowest BCUT2D eigenvalue weighted by Crippen LogP contribution is -2.39. The van der Waals surface area contributed by atoms with Gasteiger partial charge in [-0.05, 0) is 67.8 Å². The molecule has 0 aliphatic carbocycles. The number of aryl methyl sites for hydroxylation is 2. The third-order valence-corrected chi connectivity index (χ3v) is 5.37. The molecule has 0 aromatic heterocycles. The van der Waals surface area contributed by atoms with Gasteiger partial charge in [0.25, 0.3) is 0 Å². The minimum Gasteiger partial charge on any atom is -0.462 e. The molecule has 3 amide bonds. The van der Waals surface area contributed by atoms with Crippen LogP contribution >= 0.6 is 0 Å². The van der Waals surface area contributed by atoms with Gasteiger partial charge in [-0.1, -0.05) is 19.4 Å². The fourth-order valence-corrected chi connectivity index (χ4v) is 3.38. The number of esters is 1. The summed E-state index contributed by atoms with van der Waals surface area (Å²) >= 11 is 0. The Hall–Kier alpha value is -3.35. The highest BCUT2D eigenvalue weighted by Crippen LogP contribution is 2.24. The summed E-state index contributed by atoms with van der Waals surface area (Å²) < 4.78 is 5.17. The Bertz CT molecular complexity index is 956. The van der Waals surface area contributed by atoms with Gasteiger partial charge in [-0.15, -0.1) is 0 Å². The number of benzene rings is 2. The van der Waals surface area contributed by atoms with Crippen LogP contribution in [0.25, 0.3) is 0 Å². The largest absolute Gasteiger partial charge is 0.462 e. The van der Waals surface area contributed by atoms with Gasteiger partial charge < -0.3 is 20.3 Å². The number of hydrogen-bond acceptors (Lipinski definition) is 4. The van der Waals surface area contributed by atoms with E-state index in [1.165, 1.54) is 5.56 Å². The van der Waals surface area contributed by atoms with Crippen molar-refractivity contribution in [2.75, 3.05) is 23.4 Å². The molecule has 1 aliphatic rings. The number of nitrogens with zero attached hydrogens (tertiary/aromatic N) is 1. The second-order valence-corrected chi connectivity index (χ2v) is 7.84. The standard InChI is InChI=1S/C24H29N3O4/c1-4-5-12-31-23(29)18-7-9-19(10-8-18)25-24(30)26-20-14-22(28)27(15-20)21-11-6-16(2)17(3)13-21/h6-11,13,20H,4-5,12,14-15H2,1-3H3,(H2,25,26,30)/t20-/m1/s1. The summed E-state index contributed by atoms with van der Waals surface area (Å²) in [5.41, 5.74) is 4.13. The van der Waals surface area contributed by atoms with Gasteiger partial charge in [0.1, 0.15) is 0 Å². The maximum Gasteiger partial charge on any atom is 0.338 e. The highest BCUT2D eigenvalue weighted by Gasteiger charge is 2.31.